The molecule has 4 amide bonds. The quantitative estimate of drug-likeness (QED) is 0.430. The highest BCUT2D eigenvalue weighted by Crippen LogP contribution is 2.29. The van der Waals surface area contributed by atoms with Gasteiger partial charge in [-0.1, -0.05) is 31.7 Å². The summed E-state index contributed by atoms with van der Waals surface area (Å²) < 4.78 is 16.8. The van der Waals surface area contributed by atoms with Gasteiger partial charge < -0.3 is 20.9 Å². The van der Waals surface area contributed by atoms with Crippen molar-refractivity contribution in [2.75, 3.05) is 11.9 Å². The molecule has 1 aliphatic heterocycles. The van der Waals surface area contributed by atoms with Crippen molar-refractivity contribution in [3.05, 3.63) is 47.5 Å². The van der Waals surface area contributed by atoms with Gasteiger partial charge in [-0.25, -0.2) is 9.18 Å². The second-order valence-corrected chi connectivity index (χ2v) is 10.9. The average molecular weight is 527 g/mol. The molecule has 2 unspecified atom stereocenters. The van der Waals surface area contributed by atoms with Crippen molar-refractivity contribution in [1.29, 1.82) is 0 Å². The highest BCUT2D eigenvalue weighted by molar-refractivity contribution is 6.00. The number of hydrogen-bond donors (Lipinski definition) is 3. The molecular weight excluding hydrogens is 487 g/mol. The lowest BCUT2D eigenvalue weighted by atomic mass is 9.91. The molecule has 0 radical (unpaired) electrons. The number of carbonyl (C=O) groups is 3. The number of nitrogens with zero attached hydrogens (tertiary/aromatic N) is 3. The van der Waals surface area contributed by atoms with Gasteiger partial charge in [0.05, 0.1) is 11.7 Å². The van der Waals surface area contributed by atoms with Gasteiger partial charge in [0.2, 0.25) is 5.91 Å². The molecule has 0 spiro atoms. The molecular formula is C28H39FN6O3. The van der Waals surface area contributed by atoms with E-state index in [1.165, 1.54) is 12.1 Å². The molecule has 10 heteroatoms. The molecule has 1 aliphatic carbocycles. The minimum absolute atomic E-state index is 0.0132. The van der Waals surface area contributed by atoms with Crippen molar-refractivity contribution in [2.24, 2.45) is 5.92 Å². The summed E-state index contributed by atoms with van der Waals surface area (Å²) in [5, 5.41) is 12.7. The maximum absolute atomic E-state index is 15.2. The van der Waals surface area contributed by atoms with E-state index in [1.807, 2.05) is 27.7 Å². The van der Waals surface area contributed by atoms with E-state index in [0.717, 1.165) is 38.5 Å². The Morgan fingerprint density at radius 3 is 2.42 bits per heavy atom. The standard InChI is InChI=1S/C28H39FN6O3/c1-17(2)35-24(13-14-30-35)26(36)33-25(20-9-7-5-6-8-10-20)27(37)32-23-12-11-21(15-22(23)29)19(4)34-16-18(3)31-28(34)38/h11-15,17-20,25H,5-10,16H2,1-4H3,(H,31,38)(H,32,37)(H,33,36)/t18?,19?,25-/m0/s1. The van der Waals surface area contributed by atoms with Crippen molar-refractivity contribution in [2.45, 2.75) is 90.4 Å². The zero-order chi connectivity index (χ0) is 27.4. The molecule has 2 fully saturated rings. The smallest absolute Gasteiger partial charge is 0.318 e. The van der Waals surface area contributed by atoms with Crippen LogP contribution < -0.4 is 16.0 Å². The van der Waals surface area contributed by atoms with Crippen LogP contribution in [0.1, 0.15) is 94.4 Å². The summed E-state index contributed by atoms with van der Waals surface area (Å²) in [6, 6.07) is 4.96. The Hall–Kier alpha value is -3.43. The van der Waals surface area contributed by atoms with E-state index in [2.05, 4.69) is 21.0 Å². The lowest BCUT2D eigenvalue weighted by Crippen LogP contribution is -2.49. The third-order valence-electron chi connectivity index (χ3n) is 7.63. The first kappa shape index (κ1) is 27.6. The van der Waals surface area contributed by atoms with E-state index in [9.17, 15) is 14.4 Å². The van der Waals surface area contributed by atoms with E-state index in [0.29, 0.717) is 17.8 Å². The first-order chi connectivity index (χ1) is 18.2. The number of anilines is 1. The van der Waals surface area contributed by atoms with Crippen LogP contribution in [0.3, 0.4) is 0 Å². The summed E-state index contributed by atoms with van der Waals surface area (Å²) in [5.41, 5.74) is 1.07. The largest absolute Gasteiger partial charge is 0.339 e. The second kappa shape index (κ2) is 12.0. The summed E-state index contributed by atoms with van der Waals surface area (Å²) in [6.45, 7) is 8.18. The molecule has 1 saturated carbocycles. The van der Waals surface area contributed by atoms with Gasteiger partial charge in [0.25, 0.3) is 5.91 Å². The van der Waals surface area contributed by atoms with E-state index >= 15 is 4.39 Å². The normalized spacial score (nSPS) is 20.1. The van der Waals surface area contributed by atoms with Crippen molar-refractivity contribution >= 4 is 23.5 Å². The van der Waals surface area contributed by atoms with Gasteiger partial charge in [0, 0.05) is 24.8 Å². The van der Waals surface area contributed by atoms with Gasteiger partial charge in [-0.3, -0.25) is 14.3 Å². The molecule has 206 valence electrons. The molecule has 1 aromatic carbocycles. The molecule has 1 saturated heterocycles. The molecule has 0 bridgehead atoms. The van der Waals surface area contributed by atoms with Crippen LogP contribution >= 0.6 is 0 Å². The minimum Gasteiger partial charge on any atom is -0.339 e. The van der Waals surface area contributed by atoms with E-state index in [1.54, 1.807) is 27.9 Å². The van der Waals surface area contributed by atoms with Crippen LogP contribution in [0.2, 0.25) is 0 Å². The van der Waals surface area contributed by atoms with E-state index in [-0.39, 0.29) is 41.7 Å². The highest BCUT2D eigenvalue weighted by atomic mass is 19.1. The second-order valence-electron chi connectivity index (χ2n) is 10.9. The molecule has 2 heterocycles. The third kappa shape index (κ3) is 6.16. The molecule has 1 aromatic heterocycles. The molecule has 2 aromatic rings. The fraction of sp³-hybridized carbons (Fsp3) is 0.571. The number of urea groups is 1. The van der Waals surface area contributed by atoms with Crippen molar-refractivity contribution in [3.63, 3.8) is 0 Å². The molecule has 9 nitrogen and oxygen atoms in total. The molecule has 3 atom stereocenters. The maximum atomic E-state index is 15.2. The van der Waals surface area contributed by atoms with Crippen molar-refractivity contribution < 1.29 is 18.8 Å². The predicted molar refractivity (Wildman–Crippen MR) is 143 cm³/mol. The van der Waals surface area contributed by atoms with Gasteiger partial charge in [-0.05, 0) is 70.2 Å². The lowest BCUT2D eigenvalue weighted by molar-refractivity contribution is -0.119. The zero-order valence-electron chi connectivity index (χ0n) is 22.7. The van der Waals surface area contributed by atoms with Gasteiger partial charge in [0.15, 0.2) is 0 Å². The van der Waals surface area contributed by atoms with E-state index in [4.69, 9.17) is 0 Å². The Morgan fingerprint density at radius 2 is 1.82 bits per heavy atom. The summed E-state index contributed by atoms with van der Waals surface area (Å²) in [4.78, 5) is 40.6. The lowest BCUT2D eigenvalue weighted by Gasteiger charge is -2.27. The van der Waals surface area contributed by atoms with Gasteiger partial charge in [0.1, 0.15) is 17.6 Å². The Balaban J connectivity index is 1.52. The van der Waals surface area contributed by atoms with Crippen LogP contribution in [-0.2, 0) is 4.79 Å². The Kier molecular flexibility index (Phi) is 8.69. The van der Waals surface area contributed by atoms with Crippen LogP contribution in [-0.4, -0.2) is 51.2 Å². The Morgan fingerprint density at radius 1 is 1.11 bits per heavy atom. The topological polar surface area (TPSA) is 108 Å². The first-order valence-electron chi connectivity index (χ1n) is 13.7. The van der Waals surface area contributed by atoms with Crippen LogP contribution in [0, 0.1) is 11.7 Å². The SMILES string of the molecule is CC1CN(C(C)c2ccc(NC(=O)[C@@H](NC(=O)c3ccnn3C(C)C)C3CCCCCC3)c(F)c2)C(=O)N1. The predicted octanol–water partition coefficient (Wildman–Crippen LogP) is 4.79. The van der Waals surface area contributed by atoms with Crippen LogP contribution in [0.25, 0.3) is 0 Å². The zero-order valence-corrected chi connectivity index (χ0v) is 22.7. The molecule has 3 N–H and O–H groups in total. The Labute approximate surface area is 223 Å². The average Bonchev–Trinajstić information content (AvgIpc) is 3.40. The maximum Gasteiger partial charge on any atom is 0.318 e. The van der Waals surface area contributed by atoms with Crippen molar-refractivity contribution in [1.82, 2.24) is 25.3 Å². The fourth-order valence-corrected chi connectivity index (χ4v) is 5.50. The Bertz CT molecular complexity index is 1160. The van der Waals surface area contributed by atoms with Crippen molar-refractivity contribution in [3.8, 4) is 0 Å². The number of halogens is 1. The number of carbonyl (C=O) groups excluding carboxylic acids is 3. The van der Waals surface area contributed by atoms with Crippen LogP contribution in [0.15, 0.2) is 30.5 Å². The fourth-order valence-electron chi connectivity index (χ4n) is 5.50. The molecule has 4 rings (SSSR count). The van der Waals surface area contributed by atoms with Gasteiger partial charge in [-0.15, -0.1) is 0 Å². The van der Waals surface area contributed by atoms with Crippen LogP contribution in [0.5, 0.6) is 0 Å². The number of benzene rings is 1. The number of aromatic nitrogens is 2. The summed E-state index contributed by atoms with van der Waals surface area (Å²) in [7, 11) is 0. The summed E-state index contributed by atoms with van der Waals surface area (Å²) in [6.07, 6.45) is 7.37. The van der Waals surface area contributed by atoms with Gasteiger partial charge >= 0.3 is 6.03 Å². The number of hydrogen-bond acceptors (Lipinski definition) is 4. The van der Waals surface area contributed by atoms with Crippen LogP contribution in [0.4, 0.5) is 14.9 Å². The molecule has 38 heavy (non-hydrogen) atoms. The van der Waals surface area contributed by atoms with E-state index < -0.39 is 17.8 Å². The number of amides is 4. The number of nitrogens with one attached hydrogen (secondary N) is 3. The minimum atomic E-state index is -0.802. The van der Waals surface area contributed by atoms with Gasteiger partial charge in [-0.2, -0.15) is 5.10 Å². The first-order valence-corrected chi connectivity index (χ1v) is 13.7. The third-order valence-corrected chi connectivity index (χ3v) is 7.63. The number of rotatable bonds is 8. The molecule has 2 aliphatic rings. The summed E-state index contributed by atoms with van der Waals surface area (Å²) >= 11 is 0. The highest BCUT2D eigenvalue weighted by Gasteiger charge is 2.33. The summed E-state index contributed by atoms with van der Waals surface area (Å²) in [5.74, 6) is -1.44. The monoisotopic (exact) mass is 526 g/mol.